The van der Waals surface area contributed by atoms with Gasteiger partial charge in [-0.1, -0.05) is 6.58 Å². The first kappa shape index (κ1) is 22.0. The van der Waals surface area contributed by atoms with Gasteiger partial charge in [-0.25, -0.2) is 13.8 Å². The van der Waals surface area contributed by atoms with Gasteiger partial charge >= 0.3 is 23.9 Å². The Kier molecular flexibility index (Phi) is 4.55. The van der Waals surface area contributed by atoms with E-state index in [2.05, 4.69) is 6.58 Å². The van der Waals surface area contributed by atoms with Crippen LogP contribution < -0.4 is 0 Å². The molecule has 34 heavy (non-hydrogen) atoms. The summed E-state index contributed by atoms with van der Waals surface area (Å²) >= 11 is 0. The van der Waals surface area contributed by atoms with Gasteiger partial charge in [0.1, 0.15) is 12.2 Å². The van der Waals surface area contributed by atoms with E-state index in [9.17, 15) is 27.6 Å². The van der Waals surface area contributed by atoms with E-state index in [1.165, 1.54) is 6.92 Å². The fourth-order valence-electron chi connectivity index (χ4n) is 7.23. The Morgan fingerprint density at radius 1 is 1.18 bits per heavy atom. The number of rotatable bonds is 6. The van der Waals surface area contributed by atoms with Crippen LogP contribution in [0.1, 0.15) is 32.6 Å². The van der Waals surface area contributed by atoms with Crippen LogP contribution in [0.3, 0.4) is 0 Å². The van der Waals surface area contributed by atoms with E-state index in [-0.39, 0.29) is 17.4 Å². The van der Waals surface area contributed by atoms with Crippen LogP contribution in [0.25, 0.3) is 0 Å². The first-order chi connectivity index (χ1) is 16.0. The molecule has 12 heteroatoms. The van der Waals surface area contributed by atoms with Crippen molar-refractivity contribution in [1.82, 2.24) is 0 Å². The monoisotopic (exact) mass is 496 g/mol. The van der Waals surface area contributed by atoms with Crippen LogP contribution in [0.5, 0.6) is 0 Å². The van der Waals surface area contributed by atoms with Gasteiger partial charge in [-0.05, 0) is 32.1 Å². The maximum absolute atomic E-state index is 13.4. The molecule has 2 heterocycles. The first-order valence-corrected chi connectivity index (χ1v) is 12.9. The van der Waals surface area contributed by atoms with Gasteiger partial charge in [-0.2, -0.15) is 8.42 Å². The van der Waals surface area contributed by atoms with E-state index in [0.29, 0.717) is 25.7 Å². The van der Waals surface area contributed by atoms with Crippen molar-refractivity contribution in [2.24, 2.45) is 35.5 Å². The molecule has 10 unspecified atom stereocenters. The maximum Gasteiger partial charge on any atom is 0.344 e. The quantitative estimate of drug-likeness (QED) is 0.215. The molecule has 0 N–H and O–H groups in total. The third-order valence-corrected chi connectivity index (χ3v) is 10.2. The van der Waals surface area contributed by atoms with E-state index in [4.69, 9.17) is 23.1 Å². The van der Waals surface area contributed by atoms with Crippen molar-refractivity contribution in [3.8, 4) is 0 Å². The standard InChI is InChI=1S/C22H24O11S/c1-8(2)19(24)29-7-14(23)30-17-11-5-10-15(20(25)31-18(10)17)16(11)21(26)32-22-6-9-3-12(22)13(4-9)34(27,28)33-22/h9-13,15-18H,1,3-7H2,2H3. The minimum atomic E-state index is -3.82. The molecule has 11 nitrogen and oxygen atoms in total. The molecule has 2 aliphatic heterocycles. The topological polar surface area (TPSA) is 149 Å². The second-order valence-corrected chi connectivity index (χ2v) is 12.1. The second-order valence-electron chi connectivity index (χ2n) is 10.3. The fraction of sp³-hybridized carbons (Fsp3) is 0.727. The van der Waals surface area contributed by atoms with Crippen molar-refractivity contribution < 1.29 is 50.7 Å². The van der Waals surface area contributed by atoms with Crippen LogP contribution in [-0.4, -0.2) is 62.1 Å². The second kappa shape index (κ2) is 7.03. The molecule has 4 bridgehead atoms. The van der Waals surface area contributed by atoms with Crippen molar-refractivity contribution in [3.05, 3.63) is 12.2 Å². The molecule has 4 saturated carbocycles. The van der Waals surface area contributed by atoms with Gasteiger partial charge in [0.25, 0.3) is 10.1 Å². The molecule has 0 spiro atoms. The van der Waals surface area contributed by atoms with Crippen LogP contribution in [-0.2, 0) is 52.4 Å². The molecule has 2 saturated heterocycles. The summed E-state index contributed by atoms with van der Waals surface area (Å²) in [5, 5.41) is -0.671. The van der Waals surface area contributed by atoms with E-state index in [0.717, 1.165) is 0 Å². The van der Waals surface area contributed by atoms with Crippen LogP contribution >= 0.6 is 0 Å². The molecule has 0 radical (unpaired) electrons. The van der Waals surface area contributed by atoms with Crippen molar-refractivity contribution >= 4 is 34.0 Å². The summed E-state index contributed by atoms with van der Waals surface area (Å²) in [5.74, 6) is -7.21. The van der Waals surface area contributed by atoms with Crippen molar-refractivity contribution in [2.75, 3.05) is 6.61 Å². The van der Waals surface area contributed by atoms with E-state index in [1.807, 2.05) is 0 Å². The van der Waals surface area contributed by atoms with E-state index >= 15 is 0 Å². The Morgan fingerprint density at radius 3 is 2.65 bits per heavy atom. The average molecular weight is 496 g/mol. The molecule has 6 rings (SSSR count). The van der Waals surface area contributed by atoms with Gasteiger partial charge < -0.3 is 18.9 Å². The average Bonchev–Trinajstić information content (AvgIpc) is 3.53. The Labute approximate surface area is 195 Å². The number of ether oxygens (including phenoxy) is 4. The summed E-state index contributed by atoms with van der Waals surface area (Å²) in [5.41, 5.74) is 0.126. The minimum absolute atomic E-state index is 0.108. The van der Waals surface area contributed by atoms with Crippen LogP contribution in [0.4, 0.5) is 0 Å². The molecule has 184 valence electrons. The van der Waals surface area contributed by atoms with Crippen molar-refractivity contribution in [3.63, 3.8) is 0 Å². The zero-order valence-corrected chi connectivity index (χ0v) is 19.2. The lowest BCUT2D eigenvalue weighted by molar-refractivity contribution is -0.213. The van der Waals surface area contributed by atoms with E-state index in [1.54, 1.807) is 0 Å². The van der Waals surface area contributed by atoms with E-state index < -0.39 is 87.5 Å². The molecule has 10 atom stereocenters. The molecule has 0 aromatic rings. The summed E-state index contributed by atoms with van der Waals surface area (Å²) in [6, 6.07) is 0. The van der Waals surface area contributed by atoms with Gasteiger partial charge in [-0.3, -0.25) is 9.59 Å². The number of carbonyl (C=O) groups excluding carboxylic acids is 4. The SMILES string of the molecule is C=C(C)C(=O)OCC(=O)OC1C2CC3C1OC(=O)C3C2C(=O)OC12CC3CC1C(C3)S(=O)(=O)O2. The van der Waals surface area contributed by atoms with Crippen molar-refractivity contribution in [2.45, 2.75) is 55.9 Å². The molecular formula is C22H24O11S. The lowest BCUT2D eigenvalue weighted by Gasteiger charge is -2.34. The summed E-state index contributed by atoms with van der Waals surface area (Å²) in [6.45, 7) is 4.23. The number of hydrogen-bond acceptors (Lipinski definition) is 11. The van der Waals surface area contributed by atoms with Crippen molar-refractivity contribution in [1.29, 1.82) is 0 Å². The number of esters is 4. The Morgan fingerprint density at radius 2 is 1.94 bits per heavy atom. The van der Waals surface area contributed by atoms with Gasteiger partial charge in [0, 0.05) is 29.7 Å². The third-order valence-electron chi connectivity index (χ3n) is 8.40. The molecule has 6 aliphatic rings. The largest absolute Gasteiger partial charge is 0.458 e. The van der Waals surface area contributed by atoms with Crippen LogP contribution in [0.2, 0.25) is 0 Å². The summed E-state index contributed by atoms with van der Waals surface area (Å²) < 4.78 is 51.8. The first-order valence-electron chi connectivity index (χ1n) is 11.4. The summed E-state index contributed by atoms with van der Waals surface area (Å²) in [6.07, 6.45) is 0.283. The number of hydrogen-bond donors (Lipinski definition) is 0. The summed E-state index contributed by atoms with van der Waals surface area (Å²) in [7, 11) is -3.82. The van der Waals surface area contributed by atoms with Gasteiger partial charge in [0.2, 0.25) is 5.79 Å². The van der Waals surface area contributed by atoms with Gasteiger partial charge in [0.15, 0.2) is 6.61 Å². The Balaban J connectivity index is 1.19. The molecule has 4 aliphatic carbocycles. The molecule has 0 aromatic carbocycles. The molecule has 0 aromatic heterocycles. The highest BCUT2D eigenvalue weighted by atomic mass is 32.2. The van der Waals surface area contributed by atoms with Crippen LogP contribution in [0, 0.1) is 35.5 Å². The normalized spacial score (nSPS) is 45.8. The molecule has 0 amide bonds. The van der Waals surface area contributed by atoms with Gasteiger partial charge in [0.05, 0.1) is 17.1 Å². The Hall–Kier alpha value is -2.47. The number of carbonyl (C=O) groups is 4. The maximum atomic E-state index is 13.4. The fourth-order valence-corrected chi connectivity index (χ4v) is 9.20. The number of fused-ring (bicyclic) bond motifs is 2. The summed E-state index contributed by atoms with van der Waals surface area (Å²) in [4.78, 5) is 49.8. The highest BCUT2D eigenvalue weighted by molar-refractivity contribution is 7.87. The molecular weight excluding hydrogens is 472 g/mol. The Bertz CT molecular complexity index is 1130. The highest BCUT2D eigenvalue weighted by Crippen LogP contribution is 2.63. The van der Waals surface area contributed by atoms with Crippen LogP contribution in [0.15, 0.2) is 12.2 Å². The third kappa shape index (κ3) is 2.93. The highest BCUT2D eigenvalue weighted by Gasteiger charge is 2.73. The molecule has 6 fully saturated rings. The zero-order chi connectivity index (χ0) is 24.2. The predicted molar refractivity (Wildman–Crippen MR) is 108 cm³/mol. The smallest absolute Gasteiger partial charge is 0.344 e. The zero-order valence-electron chi connectivity index (χ0n) is 18.3. The van der Waals surface area contributed by atoms with Gasteiger partial charge in [-0.15, -0.1) is 0 Å². The lowest BCUT2D eigenvalue weighted by atomic mass is 9.78. The predicted octanol–water partition coefficient (Wildman–Crippen LogP) is 0.223. The lowest BCUT2D eigenvalue weighted by Crippen LogP contribution is -2.47. The minimum Gasteiger partial charge on any atom is -0.458 e.